The SMILES string of the molecule is CCCn1nc(C(=O)N[C@H](C)COC)ccc1=O. The Hall–Kier alpha value is -1.69. The van der Waals surface area contributed by atoms with Crippen molar-refractivity contribution in [2.75, 3.05) is 13.7 Å². The number of nitrogens with one attached hydrogen (secondary N) is 1. The summed E-state index contributed by atoms with van der Waals surface area (Å²) < 4.78 is 6.23. The molecule has 6 heteroatoms. The molecule has 1 amide bonds. The number of aryl methyl sites for hydroxylation is 1. The minimum Gasteiger partial charge on any atom is -0.383 e. The van der Waals surface area contributed by atoms with Crippen molar-refractivity contribution in [2.24, 2.45) is 0 Å². The van der Waals surface area contributed by atoms with Crippen LogP contribution in [0.2, 0.25) is 0 Å². The van der Waals surface area contributed by atoms with Crippen LogP contribution in [-0.2, 0) is 11.3 Å². The number of amides is 1. The Balaban J connectivity index is 2.80. The summed E-state index contributed by atoms with van der Waals surface area (Å²) in [6, 6.07) is 2.69. The lowest BCUT2D eigenvalue weighted by molar-refractivity contribution is 0.0898. The van der Waals surface area contributed by atoms with E-state index < -0.39 is 0 Å². The van der Waals surface area contributed by atoms with Crippen molar-refractivity contribution in [3.05, 3.63) is 28.2 Å². The molecule has 0 spiro atoms. The molecule has 1 atom stereocenters. The van der Waals surface area contributed by atoms with E-state index >= 15 is 0 Å². The molecule has 0 saturated carbocycles. The number of methoxy groups -OCH3 is 1. The molecule has 18 heavy (non-hydrogen) atoms. The summed E-state index contributed by atoms with van der Waals surface area (Å²) in [5.74, 6) is -0.301. The van der Waals surface area contributed by atoms with E-state index in [4.69, 9.17) is 4.74 Å². The van der Waals surface area contributed by atoms with Gasteiger partial charge in [0.05, 0.1) is 6.61 Å². The highest BCUT2D eigenvalue weighted by Crippen LogP contribution is 1.94. The fourth-order valence-electron chi connectivity index (χ4n) is 1.53. The van der Waals surface area contributed by atoms with E-state index in [1.54, 1.807) is 7.11 Å². The lowest BCUT2D eigenvalue weighted by Gasteiger charge is -2.12. The predicted octanol–water partition coefficient (Wildman–Crippen LogP) is 0.418. The first kappa shape index (κ1) is 14.4. The molecule has 1 rings (SSSR count). The van der Waals surface area contributed by atoms with E-state index in [1.165, 1.54) is 16.8 Å². The fourth-order valence-corrected chi connectivity index (χ4v) is 1.53. The average molecular weight is 253 g/mol. The minimum atomic E-state index is -0.301. The molecule has 100 valence electrons. The van der Waals surface area contributed by atoms with Gasteiger partial charge in [-0.3, -0.25) is 9.59 Å². The van der Waals surface area contributed by atoms with Crippen LogP contribution in [0.15, 0.2) is 16.9 Å². The third-order valence-electron chi connectivity index (χ3n) is 2.33. The smallest absolute Gasteiger partial charge is 0.272 e. The summed E-state index contributed by atoms with van der Waals surface area (Å²) in [7, 11) is 1.57. The normalized spacial score (nSPS) is 12.2. The standard InChI is InChI=1S/C12H19N3O3/c1-4-7-15-11(16)6-5-10(14-15)12(17)13-9(2)8-18-3/h5-6,9H,4,7-8H2,1-3H3,(H,13,17)/t9-/m1/s1. The highest BCUT2D eigenvalue weighted by Gasteiger charge is 2.12. The zero-order chi connectivity index (χ0) is 13.5. The Morgan fingerprint density at radius 1 is 1.56 bits per heavy atom. The molecular weight excluding hydrogens is 234 g/mol. The average Bonchev–Trinajstić information content (AvgIpc) is 2.32. The van der Waals surface area contributed by atoms with Gasteiger partial charge in [-0.2, -0.15) is 5.10 Å². The van der Waals surface area contributed by atoms with Crippen LogP contribution in [0.4, 0.5) is 0 Å². The first-order valence-corrected chi connectivity index (χ1v) is 5.96. The number of carbonyl (C=O) groups is 1. The minimum absolute atomic E-state index is 0.101. The highest BCUT2D eigenvalue weighted by molar-refractivity contribution is 5.92. The van der Waals surface area contributed by atoms with E-state index in [0.29, 0.717) is 13.2 Å². The maximum atomic E-state index is 11.9. The van der Waals surface area contributed by atoms with Crippen molar-refractivity contribution in [3.8, 4) is 0 Å². The van der Waals surface area contributed by atoms with Crippen molar-refractivity contribution in [2.45, 2.75) is 32.9 Å². The molecule has 0 bridgehead atoms. The molecule has 1 aromatic rings. The Morgan fingerprint density at radius 3 is 2.89 bits per heavy atom. The second kappa shape index (κ2) is 6.90. The van der Waals surface area contributed by atoms with Crippen molar-refractivity contribution in [1.82, 2.24) is 15.1 Å². The van der Waals surface area contributed by atoms with Gasteiger partial charge in [-0.05, 0) is 19.4 Å². The predicted molar refractivity (Wildman–Crippen MR) is 67.6 cm³/mol. The van der Waals surface area contributed by atoms with Gasteiger partial charge >= 0.3 is 0 Å². The Morgan fingerprint density at radius 2 is 2.28 bits per heavy atom. The largest absolute Gasteiger partial charge is 0.383 e. The molecule has 1 N–H and O–H groups in total. The monoisotopic (exact) mass is 253 g/mol. The maximum absolute atomic E-state index is 11.9. The summed E-state index contributed by atoms with van der Waals surface area (Å²) >= 11 is 0. The van der Waals surface area contributed by atoms with E-state index in [9.17, 15) is 9.59 Å². The Kier molecular flexibility index (Phi) is 5.51. The quantitative estimate of drug-likeness (QED) is 0.797. The summed E-state index contributed by atoms with van der Waals surface area (Å²) in [4.78, 5) is 23.3. The Bertz CT molecular complexity index is 456. The fraction of sp³-hybridized carbons (Fsp3) is 0.583. The second-order valence-electron chi connectivity index (χ2n) is 4.11. The highest BCUT2D eigenvalue weighted by atomic mass is 16.5. The first-order chi connectivity index (χ1) is 8.58. The molecule has 1 heterocycles. The van der Waals surface area contributed by atoms with Crippen molar-refractivity contribution < 1.29 is 9.53 Å². The van der Waals surface area contributed by atoms with Crippen LogP contribution in [0.3, 0.4) is 0 Å². The van der Waals surface area contributed by atoms with Crippen molar-refractivity contribution in [3.63, 3.8) is 0 Å². The van der Waals surface area contributed by atoms with Gasteiger partial charge in [0.15, 0.2) is 0 Å². The molecule has 0 aromatic carbocycles. The summed E-state index contributed by atoms with van der Waals surface area (Å²) in [5.41, 5.74) is 0.0457. The van der Waals surface area contributed by atoms with Gasteiger partial charge in [-0.15, -0.1) is 0 Å². The van der Waals surface area contributed by atoms with E-state index in [-0.39, 0.29) is 23.2 Å². The van der Waals surface area contributed by atoms with Crippen molar-refractivity contribution >= 4 is 5.91 Å². The van der Waals surface area contributed by atoms with Gasteiger partial charge in [-0.25, -0.2) is 4.68 Å². The van der Waals surface area contributed by atoms with E-state index in [0.717, 1.165) is 6.42 Å². The van der Waals surface area contributed by atoms with Crippen LogP contribution in [-0.4, -0.2) is 35.4 Å². The van der Waals surface area contributed by atoms with Gasteiger partial charge in [0.2, 0.25) is 0 Å². The number of hydrogen-bond donors (Lipinski definition) is 1. The molecular formula is C12H19N3O3. The molecule has 6 nitrogen and oxygen atoms in total. The molecule has 0 unspecified atom stereocenters. The molecule has 0 aliphatic heterocycles. The van der Waals surface area contributed by atoms with Crippen LogP contribution in [0.5, 0.6) is 0 Å². The lowest BCUT2D eigenvalue weighted by Crippen LogP contribution is -2.37. The number of carbonyl (C=O) groups excluding carboxylic acids is 1. The van der Waals surface area contributed by atoms with Crippen molar-refractivity contribution in [1.29, 1.82) is 0 Å². The first-order valence-electron chi connectivity index (χ1n) is 5.96. The number of aromatic nitrogens is 2. The van der Waals surface area contributed by atoms with E-state index in [1.807, 2.05) is 13.8 Å². The van der Waals surface area contributed by atoms with Crippen LogP contribution in [0.1, 0.15) is 30.8 Å². The van der Waals surface area contributed by atoms with Crippen LogP contribution in [0, 0.1) is 0 Å². The van der Waals surface area contributed by atoms with Crippen LogP contribution in [0.25, 0.3) is 0 Å². The molecule has 0 saturated heterocycles. The van der Waals surface area contributed by atoms with Crippen LogP contribution >= 0.6 is 0 Å². The Labute approximate surface area is 106 Å². The molecule has 0 aliphatic rings. The zero-order valence-corrected chi connectivity index (χ0v) is 11.0. The topological polar surface area (TPSA) is 73.2 Å². The summed E-state index contributed by atoms with van der Waals surface area (Å²) in [5, 5.41) is 6.77. The van der Waals surface area contributed by atoms with E-state index in [2.05, 4.69) is 10.4 Å². The second-order valence-corrected chi connectivity index (χ2v) is 4.11. The maximum Gasteiger partial charge on any atom is 0.272 e. The third kappa shape index (κ3) is 3.96. The summed E-state index contributed by atoms with van der Waals surface area (Å²) in [6.07, 6.45) is 0.790. The van der Waals surface area contributed by atoms with Gasteiger partial charge in [-0.1, -0.05) is 6.92 Å². The number of ether oxygens (including phenoxy) is 1. The van der Waals surface area contributed by atoms with Gasteiger partial charge < -0.3 is 10.1 Å². The molecule has 0 aliphatic carbocycles. The summed E-state index contributed by atoms with van der Waals surface area (Å²) in [6.45, 7) is 4.72. The number of rotatable bonds is 6. The van der Waals surface area contributed by atoms with Gasteiger partial charge in [0.1, 0.15) is 5.69 Å². The van der Waals surface area contributed by atoms with Gasteiger partial charge in [0.25, 0.3) is 11.5 Å². The number of nitrogens with zero attached hydrogens (tertiary/aromatic N) is 2. The molecule has 1 aromatic heterocycles. The molecule has 0 radical (unpaired) electrons. The number of hydrogen-bond acceptors (Lipinski definition) is 4. The zero-order valence-electron chi connectivity index (χ0n) is 11.0. The lowest BCUT2D eigenvalue weighted by atomic mass is 10.3. The van der Waals surface area contributed by atoms with Crippen LogP contribution < -0.4 is 10.9 Å². The van der Waals surface area contributed by atoms with Gasteiger partial charge in [0, 0.05) is 25.8 Å². The third-order valence-corrected chi connectivity index (χ3v) is 2.33. The molecule has 0 fully saturated rings.